The number of piperazine rings is 1. The van der Waals surface area contributed by atoms with E-state index in [-0.39, 0.29) is 5.97 Å². The molecule has 0 aliphatic carbocycles. The van der Waals surface area contributed by atoms with Crippen LogP contribution in [0.1, 0.15) is 24.2 Å². The predicted molar refractivity (Wildman–Crippen MR) is 96.1 cm³/mol. The summed E-state index contributed by atoms with van der Waals surface area (Å²) in [6.45, 7) is 9.66. The van der Waals surface area contributed by atoms with Crippen LogP contribution in [-0.4, -0.2) is 54.8 Å². The van der Waals surface area contributed by atoms with Gasteiger partial charge in [0.05, 0.1) is 23.5 Å². The Labute approximate surface area is 143 Å². The Morgan fingerprint density at radius 2 is 1.75 bits per heavy atom. The van der Waals surface area contributed by atoms with Crippen molar-refractivity contribution in [2.75, 3.05) is 44.2 Å². The van der Waals surface area contributed by atoms with Crippen LogP contribution in [0.25, 0.3) is 5.69 Å². The van der Waals surface area contributed by atoms with Gasteiger partial charge in [-0.05, 0) is 43.8 Å². The van der Waals surface area contributed by atoms with Gasteiger partial charge in [0.15, 0.2) is 0 Å². The predicted octanol–water partition coefficient (Wildman–Crippen LogP) is 2.80. The SMILES string of the molecule is CCOC(=O)c1ccc(N2CCN(CC)CC2)c(-n2cccc2)c1. The summed E-state index contributed by atoms with van der Waals surface area (Å²) in [5.41, 5.74) is 2.78. The van der Waals surface area contributed by atoms with E-state index in [2.05, 4.69) is 21.3 Å². The highest BCUT2D eigenvalue weighted by Crippen LogP contribution is 2.27. The van der Waals surface area contributed by atoms with Crippen LogP contribution < -0.4 is 4.90 Å². The molecule has 1 saturated heterocycles. The quantitative estimate of drug-likeness (QED) is 0.792. The number of anilines is 1. The molecule has 2 heterocycles. The number of carbonyl (C=O) groups excluding carboxylic acids is 1. The molecule has 24 heavy (non-hydrogen) atoms. The molecule has 1 aliphatic rings. The number of aromatic nitrogens is 1. The number of rotatable bonds is 5. The summed E-state index contributed by atoms with van der Waals surface area (Å²) < 4.78 is 7.21. The second-order valence-corrected chi connectivity index (χ2v) is 5.94. The lowest BCUT2D eigenvalue weighted by Gasteiger charge is -2.36. The van der Waals surface area contributed by atoms with Crippen molar-refractivity contribution in [2.24, 2.45) is 0 Å². The molecule has 0 unspecified atom stereocenters. The summed E-state index contributed by atoms with van der Waals surface area (Å²) in [5.74, 6) is -0.270. The molecule has 0 bridgehead atoms. The summed E-state index contributed by atoms with van der Waals surface area (Å²) in [4.78, 5) is 16.9. The van der Waals surface area contributed by atoms with Crippen LogP contribution >= 0.6 is 0 Å². The lowest BCUT2D eigenvalue weighted by Crippen LogP contribution is -2.46. The van der Waals surface area contributed by atoms with E-state index < -0.39 is 0 Å². The highest BCUT2D eigenvalue weighted by Gasteiger charge is 2.20. The van der Waals surface area contributed by atoms with Crippen molar-refractivity contribution in [2.45, 2.75) is 13.8 Å². The van der Waals surface area contributed by atoms with Crippen LogP contribution in [0.3, 0.4) is 0 Å². The number of hydrogen-bond donors (Lipinski definition) is 0. The molecule has 1 aromatic carbocycles. The highest BCUT2D eigenvalue weighted by molar-refractivity contribution is 5.91. The standard InChI is InChI=1S/C19H25N3O2/c1-3-20-11-13-22(14-12-20)17-8-7-16(19(23)24-4-2)15-18(17)21-9-5-6-10-21/h5-10,15H,3-4,11-14H2,1-2H3. The maximum absolute atomic E-state index is 12.1. The summed E-state index contributed by atoms with van der Waals surface area (Å²) >= 11 is 0. The summed E-state index contributed by atoms with van der Waals surface area (Å²) in [6, 6.07) is 9.83. The van der Waals surface area contributed by atoms with Gasteiger partial charge in [-0.3, -0.25) is 0 Å². The third-order valence-corrected chi connectivity index (χ3v) is 4.53. The number of likely N-dealkylation sites (N-methyl/N-ethyl adjacent to an activating group) is 1. The van der Waals surface area contributed by atoms with Gasteiger partial charge in [0, 0.05) is 38.6 Å². The van der Waals surface area contributed by atoms with Gasteiger partial charge >= 0.3 is 5.97 Å². The van der Waals surface area contributed by atoms with E-state index in [1.807, 2.05) is 49.6 Å². The van der Waals surface area contributed by atoms with E-state index in [0.717, 1.165) is 44.1 Å². The first-order valence-corrected chi connectivity index (χ1v) is 8.64. The number of ether oxygens (including phenoxy) is 1. The number of esters is 1. The van der Waals surface area contributed by atoms with Gasteiger partial charge in [0.25, 0.3) is 0 Å². The smallest absolute Gasteiger partial charge is 0.338 e. The van der Waals surface area contributed by atoms with E-state index in [9.17, 15) is 4.79 Å². The molecule has 5 heteroatoms. The van der Waals surface area contributed by atoms with E-state index in [4.69, 9.17) is 4.74 Å². The van der Waals surface area contributed by atoms with Crippen LogP contribution in [0, 0.1) is 0 Å². The fourth-order valence-electron chi connectivity index (χ4n) is 3.14. The zero-order valence-electron chi connectivity index (χ0n) is 14.4. The van der Waals surface area contributed by atoms with Gasteiger partial charge < -0.3 is 19.1 Å². The van der Waals surface area contributed by atoms with Crippen LogP contribution in [0.5, 0.6) is 0 Å². The fourth-order valence-corrected chi connectivity index (χ4v) is 3.14. The van der Waals surface area contributed by atoms with Crippen molar-refractivity contribution in [3.05, 3.63) is 48.3 Å². The molecule has 0 spiro atoms. The average Bonchev–Trinajstić information content (AvgIpc) is 3.16. The summed E-state index contributed by atoms with van der Waals surface area (Å²) in [5, 5.41) is 0. The van der Waals surface area contributed by atoms with E-state index >= 15 is 0 Å². The molecule has 0 saturated carbocycles. The topological polar surface area (TPSA) is 37.7 Å². The minimum absolute atomic E-state index is 0.270. The van der Waals surface area contributed by atoms with Gasteiger partial charge in [-0.2, -0.15) is 0 Å². The Bertz CT molecular complexity index is 674. The molecule has 0 radical (unpaired) electrons. The molecular weight excluding hydrogens is 302 g/mol. The minimum atomic E-state index is -0.270. The van der Waals surface area contributed by atoms with Crippen molar-refractivity contribution in [3.63, 3.8) is 0 Å². The molecule has 128 valence electrons. The Hall–Kier alpha value is -2.27. The van der Waals surface area contributed by atoms with Crippen molar-refractivity contribution in [1.29, 1.82) is 0 Å². The number of hydrogen-bond acceptors (Lipinski definition) is 4. The van der Waals surface area contributed by atoms with Crippen molar-refractivity contribution >= 4 is 11.7 Å². The first kappa shape index (κ1) is 16.6. The van der Waals surface area contributed by atoms with Crippen LogP contribution in [0.2, 0.25) is 0 Å². The molecular formula is C19H25N3O2. The molecule has 3 rings (SSSR count). The largest absolute Gasteiger partial charge is 0.462 e. The zero-order chi connectivity index (χ0) is 16.9. The van der Waals surface area contributed by atoms with E-state index in [1.54, 1.807) is 0 Å². The van der Waals surface area contributed by atoms with Gasteiger partial charge in [0.1, 0.15) is 0 Å². The molecule has 2 aromatic rings. The second-order valence-electron chi connectivity index (χ2n) is 5.94. The van der Waals surface area contributed by atoms with Crippen molar-refractivity contribution in [3.8, 4) is 5.69 Å². The number of benzene rings is 1. The normalized spacial score (nSPS) is 15.5. The third-order valence-electron chi connectivity index (χ3n) is 4.53. The van der Waals surface area contributed by atoms with E-state index in [1.165, 1.54) is 0 Å². The number of nitrogens with zero attached hydrogens (tertiary/aromatic N) is 3. The molecule has 0 N–H and O–H groups in total. The molecule has 0 amide bonds. The molecule has 5 nitrogen and oxygen atoms in total. The monoisotopic (exact) mass is 327 g/mol. The van der Waals surface area contributed by atoms with Crippen molar-refractivity contribution in [1.82, 2.24) is 9.47 Å². The molecule has 0 atom stereocenters. The van der Waals surface area contributed by atoms with Gasteiger partial charge in [0.2, 0.25) is 0 Å². The van der Waals surface area contributed by atoms with E-state index in [0.29, 0.717) is 12.2 Å². The molecule has 1 aliphatic heterocycles. The number of carbonyl (C=O) groups is 1. The summed E-state index contributed by atoms with van der Waals surface area (Å²) in [7, 11) is 0. The van der Waals surface area contributed by atoms with Gasteiger partial charge in [-0.25, -0.2) is 4.79 Å². The van der Waals surface area contributed by atoms with Gasteiger partial charge in [-0.15, -0.1) is 0 Å². The second kappa shape index (κ2) is 7.53. The van der Waals surface area contributed by atoms with Crippen molar-refractivity contribution < 1.29 is 9.53 Å². The lowest BCUT2D eigenvalue weighted by atomic mass is 10.1. The lowest BCUT2D eigenvalue weighted by molar-refractivity contribution is 0.0526. The minimum Gasteiger partial charge on any atom is -0.462 e. The maximum Gasteiger partial charge on any atom is 0.338 e. The molecule has 1 fully saturated rings. The highest BCUT2D eigenvalue weighted by atomic mass is 16.5. The van der Waals surface area contributed by atoms with Gasteiger partial charge in [-0.1, -0.05) is 6.92 Å². The zero-order valence-corrected chi connectivity index (χ0v) is 14.4. The first-order chi connectivity index (χ1) is 11.7. The maximum atomic E-state index is 12.1. The average molecular weight is 327 g/mol. The van der Waals surface area contributed by atoms with Crippen LogP contribution in [0.4, 0.5) is 5.69 Å². The Morgan fingerprint density at radius 1 is 1.04 bits per heavy atom. The Morgan fingerprint density at radius 3 is 2.38 bits per heavy atom. The first-order valence-electron chi connectivity index (χ1n) is 8.64. The molecule has 1 aromatic heterocycles. The Kier molecular flexibility index (Phi) is 5.20. The summed E-state index contributed by atoms with van der Waals surface area (Å²) in [6.07, 6.45) is 4.02. The Balaban J connectivity index is 1.92. The third kappa shape index (κ3) is 3.46. The van der Waals surface area contributed by atoms with Crippen LogP contribution in [0.15, 0.2) is 42.7 Å². The van der Waals surface area contributed by atoms with Crippen LogP contribution in [-0.2, 0) is 4.74 Å². The fraction of sp³-hybridized carbons (Fsp3) is 0.421.